The highest BCUT2D eigenvalue weighted by atomic mass is 19.1. The summed E-state index contributed by atoms with van der Waals surface area (Å²) in [5.74, 6) is 0.0205. The van der Waals surface area contributed by atoms with Gasteiger partial charge in [0, 0.05) is 50.4 Å². The normalized spacial score (nSPS) is 28.1. The lowest BCUT2D eigenvalue weighted by Gasteiger charge is -2.38. The molecule has 4 rings (SSSR count). The quantitative estimate of drug-likeness (QED) is 0.825. The topological polar surface area (TPSA) is 36.0 Å². The van der Waals surface area contributed by atoms with E-state index >= 15 is 0 Å². The number of nitrogens with zero attached hydrogens (tertiary/aromatic N) is 3. The van der Waals surface area contributed by atoms with E-state index in [0.29, 0.717) is 0 Å². The highest BCUT2D eigenvalue weighted by Crippen LogP contribution is 2.39. The summed E-state index contributed by atoms with van der Waals surface area (Å²) in [5.41, 5.74) is 1.31. The second-order valence-electron chi connectivity index (χ2n) is 7.99. The molecule has 3 saturated heterocycles. The number of halogens is 1. The summed E-state index contributed by atoms with van der Waals surface area (Å²) in [6.45, 7) is 8.77. The molecule has 1 aromatic rings. The molecule has 26 heavy (non-hydrogen) atoms. The minimum Gasteiger partial charge on any atom is -0.381 e. The van der Waals surface area contributed by atoms with E-state index in [9.17, 15) is 9.18 Å². The average Bonchev–Trinajstić information content (AvgIpc) is 3.31. The van der Waals surface area contributed by atoms with Gasteiger partial charge in [0.2, 0.25) is 5.91 Å². The summed E-state index contributed by atoms with van der Waals surface area (Å²) in [5, 5.41) is 0. The summed E-state index contributed by atoms with van der Waals surface area (Å²) >= 11 is 0. The van der Waals surface area contributed by atoms with Crippen molar-refractivity contribution < 1.29 is 13.9 Å². The van der Waals surface area contributed by atoms with Crippen LogP contribution in [0.25, 0.3) is 0 Å². The van der Waals surface area contributed by atoms with Gasteiger partial charge in [0.05, 0.1) is 12.6 Å². The number of carbonyl (C=O) groups excluding carboxylic acids is 1. The van der Waals surface area contributed by atoms with E-state index in [4.69, 9.17) is 4.74 Å². The van der Waals surface area contributed by atoms with Crippen molar-refractivity contribution in [2.75, 3.05) is 57.4 Å². The Labute approximate surface area is 154 Å². The average molecular weight is 361 g/mol. The number of piperazine rings is 1. The third kappa shape index (κ3) is 3.45. The number of ether oxygens (including phenoxy) is 1. The van der Waals surface area contributed by atoms with E-state index in [1.54, 1.807) is 0 Å². The van der Waals surface area contributed by atoms with Gasteiger partial charge in [-0.1, -0.05) is 0 Å². The van der Waals surface area contributed by atoms with Crippen LogP contribution in [-0.4, -0.2) is 74.2 Å². The Morgan fingerprint density at radius 2 is 1.85 bits per heavy atom. The van der Waals surface area contributed by atoms with Crippen LogP contribution >= 0.6 is 0 Å². The number of carbonyl (C=O) groups is 1. The summed E-state index contributed by atoms with van der Waals surface area (Å²) in [4.78, 5) is 19.5. The second kappa shape index (κ2) is 7.16. The van der Waals surface area contributed by atoms with Gasteiger partial charge in [-0.2, -0.15) is 0 Å². The lowest BCUT2D eigenvalue weighted by atomic mass is 9.87. The first-order valence-electron chi connectivity index (χ1n) is 9.67. The van der Waals surface area contributed by atoms with Crippen LogP contribution in [0.3, 0.4) is 0 Å². The van der Waals surface area contributed by atoms with E-state index < -0.39 is 0 Å². The number of amides is 1. The minimum atomic E-state index is -0.215. The number of hydrogen-bond acceptors (Lipinski definition) is 4. The van der Waals surface area contributed by atoms with Crippen molar-refractivity contribution in [3.8, 4) is 0 Å². The number of anilines is 1. The first-order chi connectivity index (χ1) is 12.6. The molecule has 0 bridgehead atoms. The molecule has 6 heteroatoms. The first kappa shape index (κ1) is 17.7. The second-order valence-corrected chi connectivity index (χ2v) is 7.99. The minimum absolute atomic E-state index is 0.0626. The molecule has 2 unspecified atom stereocenters. The molecule has 0 aliphatic carbocycles. The fourth-order valence-electron chi connectivity index (χ4n) is 4.53. The maximum absolute atomic E-state index is 13.1. The van der Waals surface area contributed by atoms with E-state index in [2.05, 4.69) is 9.80 Å². The maximum atomic E-state index is 13.1. The molecule has 1 spiro atoms. The monoisotopic (exact) mass is 361 g/mol. The van der Waals surface area contributed by atoms with Crippen LogP contribution in [0.4, 0.5) is 10.1 Å². The van der Waals surface area contributed by atoms with E-state index in [0.717, 1.165) is 71.0 Å². The zero-order valence-corrected chi connectivity index (χ0v) is 15.5. The van der Waals surface area contributed by atoms with Crippen LogP contribution < -0.4 is 4.90 Å². The Morgan fingerprint density at radius 3 is 2.50 bits per heavy atom. The van der Waals surface area contributed by atoms with Crippen LogP contribution in [0.5, 0.6) is 0 Å². The van der Waals surface area contributed by atoms with Crippen molar-refractivity contribution in [3.63, 3.8) is 0 Å². The molecule has 1 aromatic carbocycles. The molecule has 0 aromatic heterocycles. The molecule has 142 valence electrons. The molecule has 5 nitrogen and oxygen atoms in total. The Balaban J connectivity index is 1.31. The van der Waals surface area contributed by atoms with Gasteiger partial charge >= 0.3 is 0 Å². The lowest BCUT2D eigenvalue weighted by molar-refractivity contribution is -0.136. The Bertz CT molecular complexity index is 637. The van der Waals surface area contributed by atoms with Gasteiger partial charge in [-0.3, -0.25) is 9.69 Å². The van der Waals surface area contributed by atoms with Crippen molar-refractivity contribution in [2.45, 2.75) is 25.8 Å². The molecular weight excluding hydrogens is 333 g/mol. The molecule has 3 aliphatic rings. The molecule has 2 atom stereocenters. The predicted octanol–water partition coefficient (Wildman–Crippen LogP) is 1.98. The Hall–Kier alpha value is -1.66. The third-order valence-corrected chi connectivity index (χ3v) is 6.34. The van der Waals surface area contributed by atoms with E-state index in [-0.39, 0.29) is 23.2 Å². The highest BCUT2D eigenvalue weighted by molar-refractivity contribution is 5.81. The summed E-state index contributed by atoms with van der Waals surface area (Å²) < 4.78 is 18.7. The smallest absolute Gasteiger partial charge is 0.239 e. The third-order valence-electron chi connectivity index (χ3n) is 6.34. The van der Waals surface area contributed by atoms with Crippen LogP contribution in [0.1, 0.15) is 19.8 Å². The molecule has 3 aliphatic heterocycles. The molecule has 3 heterocycles. The largest absolute Gasteiger partial charge is 0.381 e. The lowest BCUT2D eigenvalue weighted by Crippen LogP contribution is -2.54. The maximum Gasteiger partial charge on any atom is 0.239 e. The summed E-state index contributed by atoms with van der Waals surface area (Å²) in [6.07, 6.45) is 2.27. The van der Waals surface area contributed by atoms with Gasteiger partial charge in [0.15, 0.2) is 0 Å². The fraction of sp³-hybridized carbons (Fsp3) is 0.650. The first-order valence-corrected chi connectivity index (χ1v) is 9.67. The zero-order valence-electron chi connectivity index (χ0n) is 15.5. The van der Waals surface area contributed by atoms with Gasteiger partial charge < -0.3 is 14.5 Å². The van der Waals surface area contributed by atoms with Crippen LogP contribution in [0, 0.1) is 11.2 Å². The molecular formula is C20H28FN3O2. The molecule has 0 radical (unpaired) electrons. The van der Waals surface area contributed by atoms with Gasteiger partial charge in [-0.15, -0.1) is 0 Å². The van der Waals surface area contributed by atoms with Crippen molar-refractivity contribution >= 4 is 11.6 Å². The SMILES string of the molecule is CC(C(=O)N1CCN(c2ccc(F)cc2)CC1)N1CCC2(CCOC2)C1. The van der Waals surface area contributed by atoms with Gasteiger partial charge in [-0.25, -0.2) is 4.39 Å². The number of hydrogen-bond donors (Lipinski definition) is 0. The summed E-state index contributed by atoms with van der Waals surface area (Å²) in [7, 11) is 0. The molecule has 0 saturated carbocycles. The fourth-order valence-corrected chi connectivity index (χ4v) is 4.53. The van der Waals surface area contributed by atoms with Crippen molar-refractivity contribution in [2.24, 2.45) is 5.41 Å². The molecule has 3 fully saturated rings. The Morgan fingerprint density at radius 1 is 1.12 bits per heavy atom. The van der Waals surface area contributed by atoms with Gasteiger partial charge in [-0.05, 0) is 50.6 Å². The van der Waals surface area contributed by atoms with Crippen molar-refractivity contribution in [1.82, 2.24) is 9.80 Å². The van der Waals surface area contributed by atoms with Crippen LogP contribution in [-0.2, 0) is 9.53 Å². The number of benzene rings is 1. The number of likely N-dealkylation sites (tertiary alicyclic amines) is 1. The standard InChI is InChI=1S/C20H28FN3O2/c1-16(24-8-6-20(14-24)7-13-26-15-20)19(25)23-11-9-22(10-12-23)18-4-2-17(21)3-5-18/h2-5,16H,6-15H2,1H3. The highest BCUT2D eigenvalue weighted by Gasteiger charge is 2.44. The van der Waals surface area contributed by atoms with E-state index in [1.807, 2.05) is 24.0 Å². The number of rotatable bonds is 3. The molecule has 0 N–H and O–H groups in total. The van der Waals surface area contributed by atoms with Gasteiger partial charge in [0.1, 0.15) is 5.82 Å². The zero-order chi connectivity index (χ0) is 18.1. The van der Waals surface area contributed by atoms with Crippen molar-refractivity contribution in [1.29, 1.82) is 0 Å². The van der Waals surface area contributed by atoms with Crippen molar-refractivity contribution in [3.05, 3.63) is 30.1 Å². The summed E-state index contributed by atoms with van der Waals surface area (Å²) in [6, 6.07) is 6.54. The van der Waals surface area contributed by atoms with E-state index in [1.165, 1.54) is 12.1 Å². The van der Waals surface area contributed by atoms with Crippen LogP contribution in [0.15, 0.2) is 24.3 Å². The molecule has 1 amide bonds. The Kier molecular flexibility index (Phi) is 4.88. The predicted molar refractivity (Wildman–Crippen MR) is 98.7 cm³/mol. The van der Waals surface area contributed by atoms with Gasteiger partial charge in [0.25, 0.3) is 0 Å². The van der Waals surface area contributed by atoms with Crippen LogP contribution in [0.2, 0.25) is 0 Å².